The highest BCUT2D eigenvalue weighted by Gasteiger charge is 2.35. The zero-order valence-electron chi connectivity index (χ0n) is 11.8. The molecule has 2 rings (SSSR count). The van der Waals surface area contributed by atoms with Gasteiger partial charge in [0.25, 0.3) is 5.91 Å². The first kappa shape index (κ1) is 16.2. The average Bonchev–Trinajstić information content (AvgIpc) is 2.94. The number of hydrogen-bond donors (Lipinski definition) is 1. The van der Waals surface area contributed by atoms with Crippen LogP contribution in [-0.4, -0.2) is 42.2 Å². The monoisotopic (exact) mass is 319 g/mol. The highest BCUT2D eigenvalue weighted by atomic mass is 32.1. The molecule has 0 aliphatic carbocycles. The van der Waals surface area contributed by atoms with Crippen LogP contribution in [0.3, 0.4) is 0 Å². The lowest BCUT2D eigenvalue weighted by molar-refractivity contribution is -0.0500. The van der Waals surface area contributed by atoms with E-state index in [-0.39, 0.29) is 28.6 Å². The molecule has 1 aromatic rings. The minimum atomic E-state index is -2.94. The Hall–Kier alpha value is -1.21. The summed E-state index contributed by atoms with van der Waals surface area (Å²) in [6.07, 6.45) is 2.31. The lowest BCUT2D eigenvalue weighted by atomic mass is 9.77. The van der Waals surface area contributed by atoms with Gasteiger partial charge in [-0.1, -0.05) is 6.92 Å². The number of amides is 1. The summed E-state index contributed by atoms with van der Waals surface area (Å²) in [5.41, 5.74) is -0.117. The summed E-state index contributed by atoms with van der Waals surface area (Å²) in [5, 5.41) is 11.1. The molecule has 21 heavy (non-hydrogen) atoms. The van der Waals surface area contributed by atoms with Crippen LogP contribution in [0.25, 0.3) is 0 Å². The van der Waals surface area contributed by atoms with E-state index >= 15 is 0 Å². The fraction of sp³-hybridized carbons (Fsp3) is 0.643. The van der Waals surface area contributed by atoms with Gasteiger partial charge in [0, 0.05) is 19.7 Å². The van der Waals surface area contributed by atoms with Crippen LogP contribution in [0.1, 0.15) is 35.9 Å². The molecule has 0 atom stereocenters. The fourth-order valence-corrected chi connectivity index (χ4v) is 3.38. The molecule has 1 N–H and O–H groups in total. The van der Waals surface area contributed by atoms with Crippen LogP contribution >= 0.6 is 11.3 Å². The van der Waals surface area contributed by atoms with Gasteiger partial charge in [0.05, 0.1) is 0 Å². The second kappa shape index (κ2) is 6.70. The summed E-state index contributed by atoms with van der Waals surface area (Å²) in [6.45, 7) is 0.263. The van der Waals surface area contributed by atoms with E-state index in [0.717, 1.165) is 30.6 Å². The molecule has 2 heterocycles. The first-order valence-electron chi connectivity index (χ1n) is 6.94. The first-order chi connectivity index (χ1) is 10.0. The summed E-state index contributed by atoms with van der Waals surface area (Å²) in [5.74, 6) is -0.335. The third-order valence-electron chi connectivity index (χ3n) is 4.24. The number of thiophene rings is 1. The van der Waals surface area contributed by atoms with Crippen molar-refractivity contribution >= 4 is 17.2 Å². The van der Waals surface area contributed by atoms with E-state index in [0.29, 0.717) is 13.1 Å². The topological polar surface area (TPSA) is 49.8 Å². The van der Waals surface area contributed by atoms with Crippen LogP contribution in [0.2, 0.25) is 0 Å². The van der Waals surface area contributed by atoms with Crippen molar-refractivity contribution in [2.75, 3.05) is 19.7 Å². The standard InChI is InChI=1S/C14H19F2NO3S/c1-2-14(9-18)4-6-17(7-5-14)12(19)11-10(3-8-21-11)20-13(15)16/h3,8,13,18H,2,4-7,9H2,1H3. The number of hydrogen-bond acceptors (Lipinski definition) is 4. The Morgan fingerprint density at radius 3 is 2.71 bits per heavy atom. The molecule has 1 aliphatic heterocycles. The van der Waals surface area contributed by atoms with Gasteiger partial charge in [0.15, 0.2) is 0 Å². The van der Waals surface area contributed by atoms with E-state index in [2.05, 4.69) is 4.74 Å². The quantitative estimate of drug-likeness (QED) is 0.908. The number of alkyl halides is 2. The summed E-state index contributed by atoms with van der Waals surface area (Å²) >= 11 is 1.11. The summed E-state index contributed by atoms with van der Waals surface area (Å²) in [4.78, 5) is 14.3. The molecule has 1 amide bonds. The van der Waals surface area contributed by atoms with E-state index in [9.17, 15) is 18.7 Å². The molecule has 0 radical (unpaired) electrons. The number of rotatable bonds is 5. The van der Waals surface area contributed by atoms with E-state index in [4.69, 9.17) is 0 Å². The third-order valence-corrected chi connectivity index (χ3v) is 5.12. The number of aliphatic hydroxyl groups excluding tert-OH is 1. The molecular weight excluding hydrogens is 300 g/mol. The van der Waals surface area contributed by atoms with Gasteiger partial charge >= 0.3 is 6.61 Å². The summed E-state index contributed by atoms with van der Waals surface area (Å²) in [7, 11) is 0. The molecule has 1 saturated heterocycles. The van der Waals surface area contributed by atoms with Crippen molar-refractivity contribution in [1.29, 1.82) is 0 Å². The van der Waals surface area contributed by atoms with Crippen molar-refractivity contribution in [2.45, 2.75) is 32.8 Å². The minimum absolute atomic E-state index is 0.0607. The number of ether oxygens (including phenoxy) is 1. The van der Waals surface area contributed by atoms with Crippen LogP contribution in [0.4, 0.5) is 8.78 Å². The Morgan fingerprint density at radius 1 is 1.52 bits per heavy atom. The van der Waals surface area contributed by atoms with Gasteiger partial charge in [0.1, 0.15) is 10.6 Å². The molecule has 1 aromatic heterocycles. The average molecular weight is 319 g/mol. The molecule has 0 saturated carbocycles. The molecule has 1 aliphatic rings. The number of likely N-dealkylation sites (tertiary alicyclic amines) is 1. The van der Waals surface area contributed by atoms with Gasteiger partial charge in [0.2, 0.25) is 0 Å². The summed E-state index contributed by atoms with van der Waals surface area (Å²) in [6, 6.07) is 1.39. The number of aliphatic hydroxyl groups is 1. The molecule has 1 fully saturated rings. The summed E-state index contributed by atoms with van der Waals surface area (Å²) < 4.78 is 29.0. The Labute approximate surface area is 126 Å². The lowest BCUT2D eigenvalue weighted by Crippen LogP contribution is -2.44. The lowest BCUT2D eigenvalue weighted by Gasteiger charge is -2.40. The maximum Gasteiger partial charge on any atom is 0.387 e. The predicted octanol–water partition coefficient (Wildman–Crippen LogP) is 2.97. The van der Waals surface area contributed by atoms with E-state index in [1.54, 1.807) is 10.3 Å². The molecule has 7 heteroatoms. The van der Waals surface area contributed by atoms with Crippen LogP contribution in [0.15, 0.2) is 11.4 Å². The molecule has 0 aromatic carbocycles. The van der Waals surface area contributed by atoms with Crippen molar-refractivity contribution < 1.29 is 23.4 Å². The van der Waals surface area contributed by atoms with Gasteiger partial charge in [-0.3, -0.25) is 4.79 Å². The van der Waals surface area contributed by atoms with E-state index < -0.39 is 6.61 Å². The Bertz CT molecular complexity index is 478. The van der Waals surface area contributed by atoms with Gasteiger partial charge in [-0.15, -0.1) is 11.3 Å². The maximum atomic E-state index is 12.4. The SMILES string of the molecule is CCC1(CO)CCN(C(=O)c2sccc2OC(F)F)CC1. The number of carbonyl (C=O) groups is 1. The number of halogens is 2. The molecule has 0 spiro atoms. The van der Waals surface area contributed by atoms with Crippen LogP contribution in [0, 0.1) is 5.41 Å². The second-order valence-electron chi connectivity index (χ2n) is 5.30. The minimum Gasteiger partial charge on any atom is -0.433 e. The maximum absolute atomic E-state index is 12.4. The van der Waals surface area contributed by atoms with Gasteiger partial charge in [-0.05, 0) is 36.1 Å². The normalized spacial score (nSPS) is 18.0. The van der Waals surface area contributed by atoms with Crippen LogP contribution < -0.4 is 4.74 Å². The molecule has 118 valence electrons. The van der Waals surface area contributed by atoms with Crippen LogP contribution in [0.5, 0.6) is 5.75 Å². The second-order valence-corrected chi connectivity index (χ2v) is 6.21. The fourth-order valence-electron chi connectivity index (χ4n) is 2.59. The van der Waals surface area contributed by atoms with Crippen molar-refractivity contribution in [2.24, 2.45) is 5.41 Å². The van der Waals surface area contributed by atoms with Gasteiger partial charge < -0.3 is 14.7 Å². The van der Waals surface area contributed by atoms with Gasteiger partial charge in [-0.25, -0.2) is 0 Å². The number of carbonyl (C=O) groups excluding carboxylic acids is 1. The Morgan fingerprint density at radius 2 is 2.19 bits per heavy atom. The largest absolute Gasteiger partial charge is 0.433 e. The predicted molar refractivity (Wildman–Crippen MR) is 75.9 cm³/mol. The van der Waals surface area contributed by atoms with Gasteiger partial charge in [-0.2, -0.15) is 8.78 Å². The molecule has 0 unspecified atom stereocenters. The van der Waals surface area contributed by atoms with Crippen molar-refractivity contribution in [3.05, 3.63) is 16.3 Å². The molecule has 4 nitrogen and oxygen atoms in total. The smallest absolute Gasteiger partial charge is 0.387 e. The van der Waals surface area contributed by atoms with E-state index in [1.165, 1.54) is 6.07 Å². The molecular formula is C14H19F2NO3S. The first-order valence-corrected chi connectivity index (χ1v) is 7.82. The van der Waals surface area contributed by atoms with Crippen LogP contribution in [-0.2, 0) is 0 Å². The zero-order chi connectivity index (χ0) is 15.5. The number of piperidine rings is 1. The van der Waals surface area contributed by atoms with Crippen molar-refractivity contribution in [3.63, 3.8) is 0 Å². The van der Waals surface area contributed by atoms with Crippen molar-refractivity contribution in [1.82, 2.24) is 4.90 Å². The highest BCUT2D eigenvalue weighted by Crippen LogP contribution is 2.36. The number of nitrogens with zero attached hydrogens (tertiary/aromatic N) is 1. The third kappa shape index (κ3) is 3.52. The van der Waals surface area contributed by atoms with Crippen molar-refractivity contribution in [3.8, 4) is 5.75 Å². The van der Waals surface area contributed by atoms with E-state index in [1.807, 2.05) is 6.92 Å². The Kier molecular flexibility index (Phi) is 5.16. The highest BCUT2D eigenvalue weighted by molar-refractivity contribution is 7.12. The zero-order valence-corrected chi connectivity index (χ0v) is 12.7. The molecule has 0 bridgehead atoms. The Balaban J connectivity index is 2.04.